The molecule has 148 valence electrons. The third-order valence-corrected chi connectivity index (χ3v) is 4.20. The number of ketones is 1. The number of anilines is 2. The molecule has 0 unspecified atom stereocenters. The van der Waals surface area contributed by atoms with Crippen LogP contribution in [0.3, 0.4) is 0 Å². The van der Waals surface area contributed by atoms with E-state index in [2.05, 4.69) is 5.32 Å². The highest BCUT2D eigenvalue weighted by Crippen LogP contribution is 2.16. The van der Waals surface area contributed by atoms with Crippen LogP contribution in [-0.2, 0) is 9.53 Å². The van der Waals surface area contributed by atoms with Gasteiger partial charge in [0.1, 0.15) is 0 Å². The number of Topliss-reactive ketones (excluding diaryl/α,β-unsaturated/α-hetero) is 1. The van der Waals surface area contributed by atoms with Gasteiger partial charge in [0.2, 0.25) is 11.7 Å². The summed E-state index contributed by atoms with van der Waals surface area (Å²) in [6, 6.07) is 13.5. The summed E-state index contributed by atoms with van der Waals surface area (Å²) in [5.41, 5.74) is 2.39. The van der Waals surface area contributed by atoms with Crippen molar-refractivity contribution in [2.45, 2.75) is 32.8 Å². The van der Waals surface area contributed by atoms with Crippen LogP contribution in [0, 0.1) is 0 Å². The van der Waals surface area contributed by atoms with E-state index in [1.807, 2.05) is 38.1 Å². The van der Waals surface area contributed by atoms with Crippen LogP contribution in [-0.4, -0.2) is 37.9 Å². The van der Waals surface area contributed by atoms with E-state index in [-0.39, 0.29) is 11.7 Å². The fraction of sp³-hybridized carbons (Fsp3) is 0.318. The molecule has 1 amide bonds. The largest absolute Gasteiger partial charge is 0.451 e. The highest BCUT2D eigenvalue weighted by molar-refractivity contribution is 6.02. The molecule has 6 heteroatoms. The topological polar surface area (TPSA) is 75.7 Å². The Labute approximate surface area is 165 Å². The van der Waals surface area contributed by atoms with E-state index in [1.165, 1.54) is 0 Å². The van der Waals surface area contributed by atoms with Crippen LogP contribution in [0.25, 0.3) is 0 Å². The van der Waals surface area contributed by atoms with Crippen LogP contribution in [0.15, 0.2) is 48.5 Å². The molecule has 0 aliphatic carbocycles. The van der Waals surface area contributed by atoms with E-state index in [9.17, 15) is 14.4 Å². The minimum absolute atomic E-state index is 0.0656. The molecule has 0 heterocycles. The molecule has 2 aromatic rings. The highest BCUT2D eigenvalue weighted by Gasteiger charge is 2.20. The second kappa shape index (κ2) is 9.69. The predicted octanol–water partition coefficient (Wildman–Crippen LogP) is 3.92. The third-order valence-electron chi connectivity index (χ3n) is 4.20. The molecule has 0 saturated carbocycles. The van der Waals surface area contributed by atoms with Crippen molar-refractivity contribution in [2.75, 3.05) is 24.3 Å². The lowest BCUT2D eigenvalue weighted by molar-refractivity contribution is -0.116. The molecule has 0 aliphatic rings. The fourth-order valence-electron chi connectivity index (χ4n) is 2.58. The number of carbonyl (C=O) groups is 3. The molecule has 0 aromatic heterocycles. The number of carbonyl (C=O) groups excluding carboxylic acids is 3. The van der Waals surface area contributed by atoms with Crippen molar-refractivity contribution in [3.63, 3.8) is 0 Å². The zero-order valence-corrected chi connectivity index (χ0v) is 16.7. The number of hydrogen-bond acceptors (Lipinski definition) is 5. The summed E-state index contributed by atoms with van der Waals surface area (Å²) >= 11 is 0. The average molecular weight is 382 g/mol. The second-order valence-corrected chi connectivity index (χ2v) is 6.73. The van der Waals surface area contributed by atoms with Crippen molar-refractivity contribution < 1.29 is 19.1 Å². The fourth-order valence-corrected chi connectivity index (χ4v) is 2.58. The van der Waals surface area contributed by atoms with E-state index >= 15 is 0 Å². The number of ether oxygens (including phenoxy) is 1. The van der Waals surface area contributed by atoms with Gasteiger partial charge in [-0.05, 0) is 61.9 Å². The number of amides is 1. The van der Waals surface area contributed by atoms with Crippen LogP contribution in [0.2, 0.25) is 0 Å². The van der Waals surface area contributed by atoms with E-state index in [0.717, 1.165) is 12.1 Å². The molecule has 0 bridgehead atoms. The van der Waals surface area contributed by atoms with Crippen molar-refractivity contribution in [3.8, 4) is 0 Å². The molecule has 1 N–H and O–H groups in total. The minimum atomic E-state index is -0.915. The van der Waals surface area contributed by atoms with E-state index < -0.39 is 12.1 Å². The molecule has 0 radical (unpaired) electrons. The smallest absolute Gasteiger partial charge is 0.338 e. The third kappa shape index (κ3) is 5.67. The van der Waals surface area contributed by atoms with Crippen LogP contribution < -0.4 is 10.2 Å². The molecule has 2 rings (SSSR count). The highest BCUT2D eigenvalue weighted by atomic mass is 16.5. The van der Waals surface area contributed by atoms with Gasteiger partial charge in [-0.3, -0.25) is 9.59 Å². The number of esters is 1. The summed E-state index contributed by atoms with van der Waals surface area (Å²) < 4.78 is 5.31. The van der Waals surface area contributed by atoms with Gasteiger partial charge in [0.15, 0.2) is 6.10 Å². The standard InChI is InChI=1S/C22H26N2O4/c1-5-6-20(25)23-18-11-7-16(8-12-18)21(26)15(2)28-22(27)17-9-13-19(14-10-17)24(3)4/h7-15H,5-6H2,1-4H3,(H,23,25)/t15-/m1/s1. The summed E-state index contributed by atoms with van der Waals surface area (Å²) in [5.74, 6) is -0.913. The van der Waals surface area contributed by atoms with Gasteiger partial charge in [0.05, 0.1) is 5.56 Å². The summed E-state index contributed by atoms with van der Waals surface area (Å²) in [6.07, 6.45) is 0.299. The molecule has 1 atom stereocenters. The van der Waals surface area contributed by atoms with Gasteiger partial charge in [-0.25, -0.2) is 4.79 Å². The molecule has 6 nitrogen and oxygen atoms in total. The molecule has 0 saturated heterocycles. The lowest BCUT2D eigenvalue weighted by Gasteiger charge is -2.14. The number of rotatable bonds is 8. The Bertz CT molecular complexity index is 827. The van der Waals surface area contributed by atoms with E-state index in [4.69, 9.17) is 4.74 Å². The average Bonchev–Trinajstić information content (AvgIpc) is 2.68. The number of hydrogen-bond donors (Lipinski definition) is 1. The van der Waals surface area contributed by atoms with Gasteiger partial charge in [0, 0.05) is 37.5 Å². The van der Waals surface area contributed by atoms with Crippen molar-refractivity contribution in [2.24, 2.45) is 0 Å². The second-order valence-electron chi connectivity index (χ2n) is 6.73. The van der Waals surface area contributed by atoms with Crippen molar-refractivity contribution in [1.82, 2.24) is 0 Å². The van der Waals surface area contributed by atoms with Gasteiger partial charge >= 0.3 is 5.97 Å². The van der Waals surface area contributed by atoms with Crippen LogP contribution in [0.1, 0.15) is 47.4 Å². The van der Waals surface area contributed by atoms with Gasteiger partial charge in [0.25, 0.3) is 0 Å². The zero-order valence-electron chi connectivity index (χ0n) is 16.7. The first-order valence-electron chi connectivity index (χ1n) is 9.24. The Kier molecular flexibility index (Phi) is 7.32. The maximum absolute atomic E-state index is 12.5. The summed E-state index contributed by atoms with van der Waals surface area (Å²) in [7, 11) is 3.82. The zero-order chi connectivity index (χ0) is 20.7. The van der Waals surface area contributed by atoms with Gasteiger partial charge < -0.3 is 15.0 Å². The molecule has 28 heavy (non-hydrogen) atoms. The Balaban J connectivity index is 1.97. The molecule has 0 spiro atoms. The lowest BCUT2D eigenvalue weighted by atomic mass is 10.1. The quantitative estimate of drug-likeness (QED) is 0.553. The van der Waals surface area contributed by atoms with Crippen LogP contribution in [0.5, 0.6) is 0 Å². The Morgan fingerprint density at radius 3 is 2.07 bits per heavy atom. The van der Waals surface area contributed by atoms with Crippen LogP contribution in [0.4, 0.5) is 11.4 Å². The molecular weight excluding hydrogens is 356 g/mol. The Morgan fingerprint density at radius 2 is 1.54 bits per heavy atom. The number of benzene rings is 2. The summed E-state index contributed by atoms with van der Waals surface area (Å²) in [5, 5.41) is 2.77. The monoisotopic (exact) mass is 382 g/mol. The number of nitrogens with one attached hydrogen (secondary N) is 1. The van der Waals surface area contributed by atoms with Gasteiger partial charge in [-0.2, -0.15) is 0 Å². The maximum Gasteiger partial charge on any atom is 0.338 e. The normalized spacial score (nSPS) is 11.4. The number of nitrogens with zero attached hydrogens (tertiary/aromatic N) is 1. The first-order chi connectivity index (χ1) is 13.3. The van der Waals surface area contributed by atoms with Gasteiger partial charge in [-0.1, -0.05) is 6.92 Å². The predicted molar refractivity (Wildman–Crippen MR) is 110 cm³/mol. The molecule has 2 aromatic carbocycles. The van der Waals surface area contributed by atoms with Crippen molar-refractivity contribution >= 4 is 29.0 Å². The van der Waals surface area contributed by atoms with E-state index in [1.54, 1.807) is 43.3 Å². The van der Waals surface area contributed by atoms with Crippen molar-refractivity contribution in [3.05, 3.63) is 59.7 Å². The Morgan fingerprint density at radius 1 is 0.964 bits per heavy atom. The SMILES string of the molecule is CCCC(=O)Nc1ccc(C(=O)[C@@H](C)OC(=O)c2ccc(N(C)C)cc2)cc1. The maximum atomic E-state index is 12.5. The summed E-state index contributed by atoms with van der Waals surface area (Å²) in [6.45, 7) is 3.48. The molecule has 0 aliphatic heterocycles. The molecule has 0 fully saturated rings. The minimum Gasteiger partial charge on any atom is -0.451 e. The van der Waals surface area contributed by atoms with Gasteiger partial charge in [-0.15, -0.1) is 0 Å². The first-order valence-corrected chi connectivity index (χ1v) is 9.24. The lowest BCUT2D eigenvalue weighted by Crippen LogP contribution is -2.24. The summed E-state index contributed by atoms with van der Waals surface area (Å²) in [4.78, 5) is 38.3. The van der Waals surface area contributed by atoms with Crippen molar-refractivity contribution in [1.29, 1.82) is 0 Å². The van der Waals surface area contributed by atoms with Crippen LogP contribution >= 0.6 is 0 Å². The van der Waals surface area contributed by atoms with E-state index in [0.29, 0.717) is 23.2 Å². The first kappa shape index (κ1) is 21.2. The molecular formula is C22H26N2O4. The Hall–Kier alpha value is -3.15.